The molecule has 0 spiro atoms. The Bertz CT molecular complexity index is 1030. The number of fused-ring (bicyclic) bond motifs is 1. The molecule has 3 heterocycles. The molecule has 3 amide bonds. The van der Waals surface area contributed by atoms with E-state index in [1.807, 2.05) is 12.1 Å². The van der Waals surface area contributed by atoms with Gasteiger partial charge >= 0.3 is 6.03 Å². The van der Waals surface area contributed by atoms with Crippen LogP contribution in [0, 0.1) is 11.6 Å². The van der Waals surface area contributed by atoms with Crippen molar-refractivity contribution in [1.29, 1.82) is 0 Å². The lowest BCUT2D eigenvalue weighted by Crippen LogP contribution is -2.63. The van der Waals surface area contributed by atoms with Crippen LogP contribution in [0.15, 0.2) is 42.5 Å². The second-order valence-electron chi connectivity index (χ2n) is 8.39. The number of urea groups is 1. The summed E-state index contributed by atoms with van der Waals surface area (Å²) in [5.41, 5.74) is 1.06. The summed E-state index contributed by atoms with van der Waals surface area (Å²) in [6, 6.07) is 10.3. The maximum Gasteiger partial charge on any atom is 0.320 e. The molecule has 0 aliphatic carbocycles. The molecule has 5 rings (SSSR count). The topological polar surface area (TPSA) is 71.1 Å². The van der Waals surface area contributed by atoms with Gasteiger partial charge in [-0.2, -0.15) is 0 Å². The molecule has 32 heavy (non-hydrogen) atoms. The second kappa shape index (κ2) is 8.38. The van der Waals surface area contributed by atoms with Crippen LogP contribution in [0.25, 0.3) is 0 Å². The lowest BCUT2D eigenvalue weighted by Gasteiger charge is -2.46. The van der Waals surface area contributed by atoms with E-state index in [1.54, 1.807) is 21.9 Å². The third-order valence-corrected chi connectivity index (χ3v) is 6.22. The number of rotatable bonds is 3. The third-order valence-electron chi connectivity index (χ3n) is 6.22. The molecule has 0 aromatic heterocycles. The number of hydrogen-bond acceptors (Lipinski definition) is 4. The van der Waals surface area contributed by atoms with Crippen LogP contribution in [-0.2, 0) is 9.53 Å². The van der Waals surface area contributed by atoms with Gasteiger partial charge in [0.05, 0.1) is 12.1 Å². The minimum Gasteiger partial charge on any atom is -0.454 e. The molecule has 3 saturated heterocycles. The highest BCUT2D eigenvalue weighted by Crippen LogP contribution is 2.31. The van der Waals surface area contributed by atoms with E-state index in [1.165, 1.54) is 6.07 Å². The van der Waals surface area contributed by atoms with Gasteiger partial charge in [-0.15, -0.1) is 0 Å². The Morgan fingerprint density at radius 2 is 1.84 bits per heavy atom. The number of benzene rings is 2. The first-order valence-electron chi connectivity index (χ1n) is 10.6. The zero-order valence-electron chi connectivity index (χ0n) is 17.3. The molecule has 2 atom stereocenters. The molecule has 0 saturated carbocycles. The smallest absolute Gasteiger partial charge is 0.320 e. The minimum atomic E-state index is -0.759. The number of likely N-dealkylation sites (tertiary alicyclic amines) is 2. The monoisotopic (exact) mass is 443 g/mol. The first-order valence-corrected chi connectivity index (χ1v) is 10.6. The standard InChI is InChI=1S/C23H23F2N3O4/c24-16-3-6-20(18(25)9-16)32-17-4-1-14(2-5-17)15-10-28(11-15)23(30)27-8-7-21-19(12-27)26-22(29)13-31-21/h1-6,9,15,19,21H,7-8,10-13H2,(H,26,29)/t19-,21?/m1/s1. The van der Waals surface area contributed by atoms with Gasteiger partial charge in [0, 0.05) is 38.2 Å². The van der Waals surface area contributed by atoms with Crippen LogP contribution < -0.4 is 10.1 Å². The molecule has 7 nitrogen and oxygen atoms in total. The quantitative estimate of drug-likeness (QED) is 0.792. The van der Waals surface area contributed by atoms with Gasteiger partial charge in [-0.1, -0.05) is 12.1 Å². The van der Waals surface area contributed by atoms with E-state index in [2.05, 4.69) is 5.32 Å². The predicted octanol–water partition coefficient (Wildman–Crippen LogP) is 2.87. The molecule has 3 aliphatic heterocycles. The molecule has 3 aliphatic rings. The second-order valence-corrected chi connectivity index (χ2v) is 8.39. The Labute approximate surface area is 183 Å². The van der Waals surface area contributed by atoms with Crippen LogP contribution in [-0.4, -0.2) is 66.7 Å². The summed E-state index contributed by atoms with van der Waals surface area (Å²) < 4.78 is 37.8. The van der Waals surface area contributed by atoms with E-state index in [0.29, 0.717) is 38.3 Å². The fourth-order valence-corrected chi connectivity index (χ4v) is 4.41. The fraction of sp³-hybridized carbons (Fsp3) is 0.391. The number of carbonyl (C=O) groups excluding carboxylic acids is 2. The number of nitrogens with one attached hydrogen (secondary N) is 1. The number of halogens is 2. The van der Waals surface area contributed by atoms with Crippen LogP contribution in [0.5, 0.6) is 11.5 Å². The molecule has 9 heteroatoms. The summed E-state index contributed by atoms with van der Waals surface area (Å²) in [5, 5.41) is 2.91. The van der Waals surface area contributed by atoms with E-state index in [4.69, 9.17) is 9.47 Å². The van der Waals surface area contributed by atoms with Gasteiger partial charge in [-0.25, -0.2) is 13.6 Å². The zero-order valence-corrected chi connectivity index (χ0v) is 17.3. The average molecular weight is 443 g/mol. The molecule has 1 unspecified atom stereocenters. The summed E-state index contributed by atoms with van der Waals surface area (Å²) >= 11 is 0. The number of ether oxygens (including phenoxy) is 2. The molecule has 1 N–H and O–H groups in total. The first kappa shape index (κ1) is 20.7. The van der Waals surface area contributed by atoms with Crippen LogP contribution in [0.2, 0.25) is 0 Å². The van der Waals surface area contributed by atoms with Gasteiger partial charge in [0.1, 0.15) is 18.2 Å². The van der Waals surface area contributed by atoms with Gasteiger partial charge in [0.15, 0.2) is 11.6 Å². The number of carbonyl (C=O) groups is 2. The molecular weight excluding hydrogens is 420 g/mol. The molecular formula is C23H23F2N3O4. The van der Waals surface area contributed by atoms with Crippen molar-refractivity contribution in [2.45, 2.75) is 24.5 Å². The summed E-state index contributed by atoms with van der Waals surface area (Å²) in [6.07, 6.45) is 0.689. The van der Waals surface area contributed by atoms with Crippen molar-refractivity contribution in [3.63, 3.8) is 0 Å². The van der Waals surface area contributed by atoms with Crippen molar-refractivity contribution >= 4 is 11.9 Å². The van der Waals surface area contributed by atoms with E-state index < -0.39 is 11.6 Å². The van der Waals surface area contributed by atoms with Crippen molar-refractivity contribution in [3.05, 3.63) is 59.7 Å². The summed E-state index contributed by atoms with van der Waals surface area (Å²) in [6.45, 7) is 2.38. The lowest BCUT2D eigenvalue weighted by molar-refractivity contribution is -0.139. The third kappa shape index (κ3) is 4.12. The Hall–Kier alpha value is -3.20. The summed E-state index contributed by atoms with van der Waals surface area (Å²) in [4.78, 5) is 28.0. The normalized spacial score (nSPS) is 23.2. The maximum atomic E-state index is 13.8. The van der Waals surface area contributed by atoms with Gasteiger partial charge in [0.25, 0.3) is 0 Å². The number of nitrogens with zero attached hydrogens (tertiary/aromatic N) is 2. The molecule has 168 valence electrons. The Morgan fingerprint density at radius 3 is 2.59 bits per heavy atom. The highest BCUT2D eigenvalue weighted by Gasteiger charge is 2.40. The molecule has 3 fully saturated rings. The lowest BCUT2D eigenvalue weighted by atomic mass is 9.91. The Balaban J connectivity index is 1.14. The predicted molar refractivity (Wildman–Crippen MR) is 110 cm³/mol. The SMILES string of the molecule is O=C1COC2CCN(C(=O)N3CC(c4ccc(Oc5ccc(F)cc5F)cc4)C3)C[C@H]2N1. The molecule has 0 radical (unpaired) electrons. The van der Waals surface area contributed by atoms with E-state index in [9.17, 15) is 18.4 Å². The largest absolute Gasteiger partial charge is 0.454 e. The van der Waals surface area contributed by atoms with Gasteiger partial charge in [-0.05, 0) is 36.2 Å². The Morgan fingerprint density at radius 1 is 1.06 bits per heavy atom. The van der Waals surface area contributed by atoms with Crippen LogP contribution >= 0.6 is 0 Å². The Kier molecular flexibility index (Phi) is 5.42. The number of piperidine rings is 1. The highest BCUT2D eigenvalue weighted by molar-refractivity contribution is 5.79. The van der Waals surface area contributed by atoms with Crippen molar-refractivity contribution in [1.82, 2.24) is 15.1 Å². The summed E-state index contributed by atoms with van der Waals surface area (Å²) in [5.74, 6) is -0.930. The molecule has 2 aromatic carbocycles. The van der Waals surface area contributed by atoms with Crippen LogP contribution in [0.3, 0.4) is 0 Å². The van der Waals surface area contributed by atoms with Crippen molar-refractivity contribution in [2.75, 3.05) is 32.8 Å². The van der Waals surface area contributed by atoms with E-state index in [0.717, 1.165) is 17.7 Å². The van der Waals surface area contributed by atoms with Gasteiger partial charge < -0.3 is 24.6 Å². The van der Waals surface area contributed by atoms with Crippen molar-refractivity contribution in [2.24, 2.45) is 0 Å². The number of morpholine rings is 1. The average Bonchev–Trinajstić information content (AvgIpc) is 2.75. The zero-order chi connectivity index (χ0) is 22.2. The van der Waals surface area contributed by atoms with Gasteiger partial charge in [-0.3, -0.25) is 4.79 Å². The molecule has 2 aromatic rings. The van der Waals surface area contributed by atoms with Crippen LogP contribution in [0.1, 0.15) is 17.9 Å². The highest BCUT2D eigenvalue weighted by atomic mass is 19.1. The van der Waals surface area contributed by atoms with Gasteiger partial charge in [0.2, 0.25) is 5.91 Å². The molecule has 0 bridgehead atoms. The number of amides is 3. The van der Waals surface area contributed by atoms with Crippen molar-refractivity contribution in [3.8, 4) is 11.5 Å². The minimum absolute atomic E-state index is 0.0220. The fourth-order valence-electron chi connectivity index (χ4n) is 4.41. The van der Waals surface area contributed by atoms with Crippen LogP contribution in [0.4, 0.5) is 13.6 Å². The number of hydrogen-bond donors (Lipinski definition) is 1. The van der Waals surface area contributed by atoms with Crippen molar-refractivity contribution < 1.29 is 27.8 Å². The van der Waals surface area contributed by atoms with E-state index in [-0.39, 0.29) is 42.4 Å². The summed E-state index contributed by atoms with van der Waals surface area (Å²) in [7, 11) is 0. The van der Waals surface area contributed by atoms with E-state index >= 15 is 0 Å². The maximum absolute atomic E-state index is 13.8. The first-order chi connectivity index (χ1) is 15.5.